The molecule has 0 atom stereocenters. The van der Waals surface area contributed by atoms with Crippen LogP contribution < -0.4 is 0 Å². The number of hydrogen-bond acceptors (Lipinski definition) is 3. The number of carbonyl (C=O) groups is 1. The Balaban J connectivity index is 1.62. The van der Waals surface area contributed by atoms with E-state index in [1.54, 1.807) is 6.33 Å². The van der Waals surface area contributed by atoms with E-state index in [9.17, 15) is 4.79 Å². The molecule has 1 saturated heterocycles. The zero-order valence-electron chi connectivity index (χ0n) is 14.8. The Morgan fingerprint density at radius 1 is 1.29 bits per heavy atom. The van der Waals surface area contributed by atoms with Crippen molar-refractivity contribution in [3.05, 3.63) is 36.4 Å². The van der Waals surface area contributed by atoms with E-state index < -0.39 is 0 Å². The predicted octanol–water partition coefficient (Wildman–Crippen LogP) is 2.92. The Bertz CT molecular complexity index is 699. The zero-order chi connectivity index (χ0) is 17.1. The van der Waals surface area contributed by atoms with E-state index in [2.05, 4.69) is 17.1 Å². The molecule has 2 aromatic heterocycles. The molecule has 3 heterocycles. The molecule has 0 unspecified atom stereocenters. The first-order chi connectivity index (χ1) is 11.5. The van der Waals surface area contributed by atoms with Crippen LogP contribution in [0.3, 0.4) is 0 Å². The smallest absolute Gasteiger partial charge is 0.225 e. The number of aryl methyl sites for hydroxylation is 1. The minimum Gasteiger partial charge on any atom is -0.342 e. The van der Waals surface area contributed by atoms with Crippen molar-refractivity contribution >= 4 is 5.91 Å². The first-order valence-electron chi connectivity index (χ1n) is 8.76. The van der Waals surface area contributed by atoms with Gasteiger partial charge in [0.15, 0.2) is 0 Å². The SMILES string of the molecule is CC(C)C(=O)N1CCC(Cc2cccc(-c3cncn3C)n2)CC1. The van der Waals surface area contributed by atoms with Gasteiger partial charge in [0, 0.05) is 31.7 Å². The van der Waals surface area contributed by atoms with Crippen molar-refractivity contribution in [1.29, 1.82) is 0 Å². The molecule has 1 amide bonds. The lowest BCUT2D eigenvalue weighted by Gasteiger charge is -2.33. The Hall–Kier alpha value is -2.17. The average molecular weight is 326 g/mol. The van der Waals surface area contributed by atoms with Gasteiger partial charge in [-0.15, -0.1) is 0 Å². The second kappa shape index (κ2) is 7.16. The van der Waals surface area contributed by atoms with E-state index in [-0.39, 0.29) is 11.8 Å². The summed E-state index contributed by atoms with van der Waals surface area (Å²) in [4.78, 5) is 23.1. The fraction of sp³-hybridized carbons (Fsp3) is 0.526. The van der Waals surface area contributed by atoms with E-state index in [4.69, 9.17) is 4.98 Å². The van der Waals surface area contributed by atoms with Crippen molar-refractivity contribution in [3.8, 4) is 11.4 Å². The average Bonchev–Trinajstić information content (AvgIpc) is 3.01. The van der Waals surface area contributed by atoms with Gasteiger partial charge in [0.05, 0.1) is 23.9 Å². The lowest BCUT2D eigenvalue weighted by Crippen LogP contribution is -2.41. The van der Waals surface area contributed by atoms with Crippen LogP contribution in [0.15, 0.2) is 30.7 Å². The van der Waals surface area contributed by atoms with Gasteiger partial charge in [-0.3, -0.25) is 9.78 Å². The summed E-state index contributed by atoms with van der Waals surface area (Å²) in [5.41, 5.74) is 3.14. The number of imidazole rings is 1. The van der Waals surface area contributed by atoms with Crippen LogP contribution in [0, 0.1) is 11.8 Å². The molecule has 1 aliphatic rings. The Morgan fingerprint density at radius 3 is 2.67 bits per heavy atom. The van der Waals surface area contributed by atoms with Crippen LogP contribution in [-0.4, -0.2) is 38.4 Å². The van der Waals surface area contributed by atoms with Crippen LogP contribution in [-0.2, 0) is 18.3 Å². The summed E-state index contributed by atoms with van der Waals surface area (Å²) in [6, 6.07) is 6.21. The minimum absolute atomic E-state index is 0.0961. The number of nitrogens with zero attached hydrogens (tertiary/aromatic N) is 4. The quantitative estimate of drug-likeness (QED) is 0.868. The van der Waals surface area contributed by atoms with Crippen molar-refractivity contribution in [1.82, 2.24) is 19.4 Å². The molecule has 5 nitrogen and oxygen atoms in total. The highest BCUT2D eigenvalue weighted by Crippen LogP contribution is 2.23. The lowest BCUT2D eigenvalue weighted by molar-refractivity contribution is -0.135. The summed E-state index contributed by atoms with van der Waals surface area (Å²) in [5.74, 6) is 0.985. The number of carbonyl (C=O) groups excluding carboxylic acids is 1. The molecule has 2 aromatic rings. The zero-order valence-corrected chi connectivity index (χ0v) is 14.8. The maximum Gasteiger partial charge on any atom is 0.225 e. The van der Waals surface area contributed by atoms with Crippen molar-refractivity contribution in [2.75, 3.05) is 13.1 Å². The summed E-state index contributed by atoms with van der Waals surface area (Å²) in [5, 5.41) is 0. The first-order valence-corrected chi connectivity index (χ1v) is 8.76. The van der Waals surface area contributed by atoms with Crippen LogP contribution in [0.5, 0.6) is 0 Å². The number of likely N-dealkylation sites (tertiary alicyclic amines) is 1. The molecule has 0 saturated carbocycles. The van der Waals surface area contributed by atoms with E-state index >= 15 is 0 Å². The third-order valence-corrected chi connectivity index (χ3v) is 4.80. The molecule has 0 N–H and O–H groups in total. The molecule has 0 bridgehead atoms. The Morgan fingerprint density at radius 2 is 2.04 bits per heavy atom. The highest BCUT2D eigenvalue weighted by Gasteiger charge is 2.24. The van der Waals surface area contributed by atoms with E-state index in [1.807, 2.05) is 42.6 Å². The molecule has 0 aromatic carbocycles. The molecule has 1 fully saturated rings. The molecular formula is C19H26N4O. The Kier molecular flexibility index (Phi) is 4.97. The van der Waals surface area contributed by atoms with Crippen molar-refractivity contribution in [2.24, 2.45) is 18.9 Å². The van der Waals surface area contributed by atoms with Gasteiger partial charge in [0.2, 0.25) is 5.91 Å². The Labute approximate surface area is 143 Å². The van der Waals surface area contributed by atoms with Crippen LogP contribution in [0.2, 0.25) is 0 Å². The molecule has 3 rings (SSSR count). The van der Waals surface area contributed by atoms with Crippen molar-refractivity contribution in [3.63, 3.8) is 0 Å². The number of piperidine rings is 1. The molecule has 0 aliphatic carbocycles. The monoisotopic (exact) mass is 326 g/mol. The summed E-state index contributed by atoms with van der Waals surface area (Å²) < 4.78 is 1.99. The van der Waals surface area contributed by atoms with Crippen molar-refractivity contribution in [2.45, 2.75) is 33.1 Å². The molecular weight excluding hydrogens is 300 g/mol. The summed E-state index contributed by atoms with van der Waals surface area (Å²) >= 11 is 0. The number of rotatable bonds is 4. The minimum atomic E-state index is 0.0961. The molecule has 0 spiro atoms. The van der Waals surface area contributed by atoms with Crippen LogP contribution >= 0.6 is 0 Å². The second-order valence-corrected chi connectivity index (χ2v) is 7.03. The maximum absolute atomic E-state index is 12.1. The number of hydrogen-bond donors (Lipinski definition) is 0. The fourth-order valence-electron chi connectivity index (χ4n) is 3.36. The summed E-state index contributed by atoms with van der Waals surface area (Å²) in [6.45, 7) is 5.71. The van der Waals surface area contributed by atoms with Gasteiger partial charge in [0.25, 0.3) is 0 Å². The highest BCUT2D eigenvalue weighted by atomic mass is 16.2. The normalized spacial score (nSPS) is 15.9. The van der Waals surface area contributed by atoms with Gasteiger partial charge in [-0.2, -0.15) is 0 Å². The molecule has 24 heavy (non-hydrogen) atoms. The van der Waals surface area contributed by atoms with Crippen LogP contribution in [0.4, 0.5) is 0 Å². The van der Waals surface area contributed by atoms with Gasteiger partial charge in [-0.1, -0.05) is 19.9 Å². The van der Waals surface area contributed by atoms with Crippen molar-refractivity contribution < 1.29 is 4.79 Å². The fourth-order valence-corrected chi connectivity index (χ4v) is 3.36. The highest BCUT2D eigenvalue weighted by molar-refractivity contribution is 5.78. The van der Waals surface area contributed by atoms with Gasteiger partial charge in [-0.25, -0.2) is 4.98 Å². The van der Waals surface area contributed by atoms with Crippen LogP contribution in [0.25, 0.3) is 11.4 Å². The van der Waals surface area contributed by atoms with E-state index in [1.165, 1.54) is 0 Å². The van der Waals surface area contributed by atoms with Gasteiger partial charge in [-0.05, 0) is 37.3 Å². The predicted molar refractivity (Wildman–Crippen MR) is 94.3 cm³/mol. The molecule has 1 aliphatic heterocycles. The second-order valence-electron chi connectivity index (χ2n) is 7.03. The van der Waals surface area contributed by atoms with Gasteiger partial charge < -0.3 is 9.47 Å². The third kappa shape index (κ3) is 3.66. The standard InChI is InChI=1S/C19H26N4O/c1-14(2)19(24)23-9-7-15(8-10-23)11-16-5-4-6-17(21-16)18-12-20-13-22(18)3/h4-6,12-15H,7-11H2,1-3H3. The summed E-state index contributed by atoms with van der Waals surface area (Å²) in [7, 11) is 1.98. The molecule has 0 radical (unpaired) electrons. The van der Waals surface area contributed by atoms with E-state index in [0.29, 0.717) is 5.92 Å². The topological polar surface area (TPSA) is 51.0 Å². The van der Waals surface area contributed by atoms with Crippen LogP contribution in [0.1, 0.15) is 32.4 Å². The first kappa shape index (κ1) is 16.7. The van der Waals surface area contributed by atoms with E-state index in [0.717, 1.165) is 49.4 Å². The summed E-state index contributed by atoms with van der Waals surface area (Å²) in [6.07, 6.45) is 6.76. The maximum atomic E-state index is 12.1. The largest absolute Gasteiger partial charge is 0.342 e. The number of amides is 1. The molecule has 5 heteroatoms. The molecule has 128 valence electrons. The number of aromatic nitrogens is 3. The lowest BCUT2D eigenvalue weighted by atomic mass is 9.91. The third-order valence-electron chi connectivity index (χ3n) is 4.80. The van der Waals surface area contributed by atoms with Gasteiger partial charge >= 0.3 is 0 Å². The number of pyridine rings is 1. The van der Waals surface area contributed by atoms with Gasteiger partial charge in [0.1, 0.15) is 0 Å².